The van der Waals surface area contributed by atoms with Crippen LogP contribution in [0.4, 0.5) is 4.39 Å². The summed E-state index contributed by atoms with van der Waals surface area (Å²) in [5.41, 5.74) is 0.430. The molecule has 1 N–H and O–H groups in total. The van der Waals surface area contributed by atoms with Gasteiger partial charge in [0.1, 0.15) is 22.9 Å². The molecule has 2 fully saturated rings. The number of nitrogens with zero attached hydrogens (tertiary/aromatic N) is 1. The van der Waals surface area contributed by atoms with Gasteiger partial charge in [-0.05, 0) is 62.3 Å². The zero-order chi connectivity index (χ0) is 25.5. The number of carbonyl (C=O) groups excluding carboxylic acids is 1. The Bertz CT molecular complexity index is 1160. The lowest BCUT2D eigenvalue weighted by Gasteiger charge is -2.55. The Balaban J connectivity index is 1.35. The zero-order valence-electron chi connectivity index (χ0n) is 20.7. The van der Waals surface area contributed by atoms with Crippen molar-refractivity contribution in [2.24, 2.45) is 11.3 Å². The number of fused-ring (bicyclic) bond motifs is 3. The van der Waals surface area contributed by atoms with Crippen LogP contribution in [-0.2, 0) is 9.53 Å². The van der Waals surface area contributed by atoms with Gasteiger partial charge in [-0.2, -0.15) is 0 Å². The van der Waals surface area contributed by atoms with E-state index in [-0.39, 0.29) is 35.3 Å². The molecule has 2 aromatic rings. The minimum absolute atomic E-state index is 0.00827. The van der Waals surface area contributed by atoms with E-state index in [0.29, 0.717) is 31.9 Å². The lowest BCUT2D eigenvalue weighted by Crippen LogP contribution is -2.55. The van der Waals surface area contributed by atoms with Gasteiger partial charge in [0, 0.05) is 31.0 Å². The van der Waals surface area contributed by atoms with E-state index in [1.54, 1.807) is 4.90 Å². The molecule has 7 nitrogen and oxygen atoms in total. The normalized spacial score (nSPS) is 26.5. The van der Waals surface area contributed by atoms with Crippen LogP contribution in [0.2, 0.25) is 0 Å². The summed E-state index contributed by atoms with van der Waals surface area (Å²) in [6.45, 7) is 3.63. The van der Waals surface area contributed by atoms with Crippen LogP contribution in [-0.4, -0.2) is 54.3 Å². The van der Waals surface area contributed by atoms with E-state index in [1.807, 2.05) is 31.2 Å². The number of hydrogen-bond donors (Lipinski definition) is 1. The lowest BCUT2D eigenvalue weighted by atomic mass is 9.63. The number of amides is 1. The second-order valence-corrected chi connectivity index (χ2v) is 10.5. The van der Waals surface area contributed by atoms with Crippen LogP contribution in [0.25, 0.3) is 0 Å². The second kappa shape index (κ2) is 9.39. The molecule has 1 amide bonds. The predicted octanol–water partition coefficient (Wildman–Crippen LogP) is 4.85. The fourth-order valence-corrected chi connectivity index (χ4v) is 6.14. The fraction of sp³-hybridized carbons (Fsp3) is 0.500. The van der Waals surface area contributed by atoms with Crippen molar-refractivity contribution in [3.8, 4) is 11.5 Å². The molecule has 0 aromatic heterocycles. The van der Waals surface area contributed by atoms with Gasteiger partial charge >= 0.3 is 5.97 Å². The van der Waals surface area contributed by atoms with Gasteiger partial charge in [0.15, 0.2) is 0 Å². The van der Waals surface area contributed by atoms with Crippen LogP contribution >= 0.6 is 0 Å². The molecule has 5 rings (SSSR count). The molecule has 3 aliphatic heterocycles. The fourth-order valence-electron chi connectivity index (χ4n) is 6.14. The Morgan fingerprint density at radius 1 is 1.19 bits per heavy atom. The van der Waals surface area contributed by atoms with Crippen LogP contribution in [0.3, 0.4) is 0 Å². The summed E-state index contributed by atoms with van der Waals surface area (Å²) < 4.78 is 32.1. The first-order chi connectivity index (χ1) is 17.2. The van der Waals surface area contributed by atoms with Crippen molar-refractivity contribution in [2.45, 2.75) is 50.7 Å². The first-order valence-corrected chi connectivity index (χ1v) is 12.5. The quantitative estimate of drug-likeness (QED) is 0.636. The number of rotatable bonds is 5. The van der Waals surface area contributed by atoms with Crippen LogP contribution in [0, 0.1) is 17.2 Å². The third-order valence-corrected chi connectivity index (χ3v) is 8.28. The minimum Gasteiger partial charge on any atom is -0.496 e. The topological polar surface area (TPSA) is 85.3 Å². The number of halogens is 1. The van der Waals surface area contributed by atoms with Crippen LogP contribution in [0.1, 0.15) is 61.1 Å². The Morgan fingerprint density at radius 3 is 2.67 bits per heavy atom. The highest BCUT2D eigenvalue weighted by atomic mass is 19.1. The van der Waals surface area contributed by atoms with Gasteiger partial charge in [-0.25, -0.2) is 4.39 Å². The number of methoxy groups -OCH3 is 1. The van der Waals surface area contributed by atoms with Gasteiger partial charge < -0.3 is 24.2 Å². The Morgan fingerprint density at radius 2 is 1.94 bits per heavy atom. The Kier molecular flexibility index (Phi) is 6.41. The van der Waals surface area contributed by atoms with Gasteiger partial charge in [0.25, 0.3) is 5.91 Å². The number of para-hydroxylation sites is 1. The first-order valence-electron chi connectivity index (χ1n) is 12.5. The highest BCUT2D eigenvalue weighted by Gasteiger charge is 2.54. The molecule has 3 aliphatic rings. The smallest absolute Gasteiger partial charge is 0.303 e. The Labute approximate surface area is 210 Å². The molecule has 8 heteroatoms. The monoisotopic (exact) mass is 497 g/mol. The molecule has 3 atom stereocenters. The number of carboxylic acid groups (broad SMARTS) is 1. The third kappa shape index (κ3) is 4.43. The number of aliphatic carboxylic acids is 1. The summed E-state index contributed by atoms with van der Waals surface area (Å²) in [6.07, 6.45) is 2.57. The van der Waals surface area contributed by atoms with E-state index in [0.717, 1.165) is 30.6 Å². The molecule has 3 heterocycles. The second-order valence-electron chi connectivity index (χ2n) is 10.5. The molecular formula is C28H32FNO6. The van der Waals surface area contributed by atoms with Gasteiger partial charge in [0.05, 0.1) is 25.4 Å². The third-order valence-electron chi connectivity index (χ3n) is 8.28. The van der Waals surface area contributed by atoms with E-state index < -0.39 is 17.4 Å². The van der Waals surface area contributed by atoms with Crippen LogP contribution < -0.4 is 9.47 Å². The summed E-state index contributed by atoms with van der Waals surface area (Å²) >= 11 is 0. The van der Waals surface area contributed by atoms with Crippen molar-refractivity contribution in [3.05, 3.63) is 59.4 Å². The van der Waals surface area contributed by atoms with Crippen molar-refractivity contribution in [3.63, 3.8) is 0 Å². The molecule has 192 valence electrons. The minimum atomic E-state index is -0.846. The lowest BCUT2D eigenvalue weighted by molar-refractivity contribution is -0.180. The summed E-state index contributed by atoms with van der Waals surface area (Å²) in [4.78, 5) is 26.4. The molecule has 0 aliphatic carbocycles. The van der Waals surface area contributed by atoms with E-state index in [4.69, 9.17) is 14.2 Å². The average Bonchev–Trinajstić information content (AvgIpc) is 2.88. The van der Waals surface area contributed by atoms with E-state index in [2.05, 4.69) is 0 Å². The Hall–Kier alpha value is -3.13. The van der Waals surface area contributed by atoms with Gasteiger partial charge in [0.2, 0.25) is 0 Å². The van der Waals surface area contributed by atoms with Crippen molar-refractivity contribution in [1.29, 1.82) is 0 Å². The number of benzene rings is 2. The standard InChI is InChI=1S/C28H32FNO6/c1-27(10-9-24(31)32)21-16-28(17-35-25(21)19-5-3-4-6-23(19)36-27)11-13-30(14-12-28)26(33)20-15-18(29)7-8-22(20)34-2/h3-8,15,21,25H,9-14,16-17H2,1-2H3,(H,31,32)/t21-,25+,27+/m1/s1. The molecular weight excluding hydrogens is 465 g/mol. The summed E-state index contributed by atoms with van der Waals surface area (Å²) in [5, 5.41) is 9.37. The largest absolute Gasteiger partial charge is 0.496 e. The molecule has 0 saturated carbocycles. The summed E-state index contributed by atoms with van der Waals surface area (Å²) in [6, 6.07) is 11.8. The van der Waals surface area contributed by atoms with E-state index in [1.165, 1.54) is 25.3 Å². The van der Waals surface area contributed by atoms with Crippen molar-refractivity contribution < 1.29 is 33.3 Å². The molecule has 0 bridgehead atoms. The van der Waals surface area contributed by atoms with Gasteiger partial charge in [-0.15, -0.1) is 0 Å². The maximum Gasteiger partial charge on any atom is 0.303 e. The van der Waals surface area contributed by atoms with Crippen molar-refractivity contribution in [2.75, 3.05) is 26.8 Å². The summed E-state index contributed by atoms with van der Waals surface area (Å²) in [5.74, 6) is -0.452. The van der Waals surface area contributed by atoms with Crippen LogP contribution in [0.5, 0.6) is 11.5 Å². The van der Waals surface area contributed by atoms with Crippen molar-refractivity contribution in [1.82, 2.24) is 4.90 Å². The molecule has 1 spiro atoms. The van der Waals surface area contributed by atoms with Gasteiger partial charge in [-0.1, -0.05) is 18.2 Å². The molecule has 2 saturated heterocycles. The molecule has 0 unspecified atom stereocenters. The highest BCUT2D eigenvalue weighted by Crippen LogP contribution is 2.56. The maximum absolute atomic E-state index is 13.9. The number of carbonyl (C=O) groups is 2. The van der Waals surface area contributed by atoms with Crippen LogP contribution in [0.15, 0.2) is 42.5 Å². The molecule has 2 aromatic carbocycles. The zero-order valence-corrected chi connectivity index (χ0v) is 20.7. The molecule has 36 heavy (non-hydrogen) atoms. The number of likely N-dealkylation sites (tertiary alicyclic amines) is 1. The molecule has 0 radical (unpaired) electrons. The van der Waals surface area contributed by atoms with E-state index >= 15 is 0 Å². The van der Waals surface area contributed by atoms with Gasteiger partial charge in [-0.3, -0.25) is 9.59 Å². The highest BCUT2D eigenvalue weighted by molar-refractivity contribution is 5.97. The number of carboxylic acids is 1. The predicted molar refractivity (Wildman–Crippen MR) is 130 cm³/mol. The SMILES string of the molecule is COc1ccc(F)cc1C(=O)N1CCC2(CC1)CO[C@H]1c3ccccc3O[C@@](C)(CCC(=O)O)[C@@H]1C2. The van der Waals surface area contributed by atoms with Crippen molar-refractivity contribution >= 4 is 11.9 Å². The number of ether oxygens (including phenoxy) is 3. The summed E-state index contributed by atoms with van der Waals surface area (Å²) in [7, 11) is 1.47. The average molecular weight is 498 g/mol. The number of piperidine rings is 1. The maximum atomic E-state index is 13.9. The van der Waals surface area contributed by atoms with E-state index in [9.17, 15) is 19.1 Å². The number of hydrogen-bond acceptors (Lipinski definition) is 5. The first kappa shape index (κ1) is 24.6.